The average molecular weight is 472 g/mol. The molecule has 1 aromatic heterocycles. The summed E-state index contributed by atoms with van der Waals surface area (Å²) in [6, 6.07) is 1.48. The van der Waals surface area contributed by atoms with Crippen LogP contribution in [0.4, 0.5) is 0 Å². The van der Waals surface area contributed by atoms with Gasteiger partial charge in [-0.25, -0.2) is 4.79 Å². The summed E-state index contributed by atoms with van der Waals surface area (Å²) in [6.45, 7) is -0.541. The summed E-state index contributed by atoms with van der Waals surface area (Å²) in [7, 11) is 0. The van der Waals surface area contributed by atoms with E-state index in [9.17, 15) is 19.2 Å². The molecule has 3 rings (SSSR count). The Labute approximate surface area is 177 Å². The van der Waals surface area contributed by atoms with Gasteiger partial charge in [0.25, 0.3) is 0 Å². The number of thiophene rings is 1. The highest BCUT2D eigenvalue weighted by atomic mass is 35.6. The van der Waals surface area contributed by atoms with E-state index in [2.05, 4.69) is 5.32 Å². The molecule has 2 aliphatic heterocycles. The molecule has 3 atom stereocenters. The summed E-state index contributed by atoms with van der Waals surface area (Å²) in [5.74, 6) is -2.23. The van der Waals surface area contributed by atoms with Gasteiger partial charge < -0.3 is 15.0 Å². The van der Waals surface area contributed by atoms with Crippen LogP contribution < -0.4 is 5.32 Å². The van der Waals surface area contributed by atoms with E-state index in [1.165, 1.54) is 23.1 Å². The van der Waals surface area contributed by atoms with Gasteiger partial charge in [0.15, 0.2) is 11.8 Å². The van der Waals surface area contributed by atoms with Gasteiger partial charge in [0.1, 0.15) is 18.0 Å². The lowest BCUT2D eigenvalue weighted by molar-refractivity contribution is -0.168. The van der Waals surface area contributed by atoms with E-state index in [1.807, 2.05) is 17.5 Å². The molecule has 2 saturated heterocycles. The van der Waals surface area contributed by atoms with E-state index >= 15 is 0 Å². The van der Waals surface area contributed by atoms with Gasteiger partial charge >= 0.3 is 5.97 Å². The second-order valence-corrected chi connectivity index (χ2v) is 10.5. The lowest BCUT2D eigenvalue weighted by Gasteiger charge is -2.51. The number of amides is 2. The average Bonchev–Trinajstić information content (AvgIpc) is 3.09. The quantitative estimate of drug-likeness (QED) is 0.303. The van der Waals surface area contributed by atoms with E-state index < -0.39 is 45.5 Å². The van der Waals surface area contributed by atoms with E-state index in [1.54, 1.807) is 0 Å². The van der Waals surface area contributed by atoms with Gasteiger partial charge in [0.2, 0.25) is 15.6 Å². The normalized spacial score (nSPS) is 24.9. The van der Waals surface area contributed by atoms with Crippen LogP contribution in [-0.2, 0) is 30.3 Å². The number of ketones is 1. The highest BCUT2D eigenvalue weighted by molar-refractivity contribution is 8.00. The minimum Gasteiger partial charge on any atom is -0.459 e. The molecule has 146 valence electrons. The maximum atomic E-state index is 12.5. The monoisotopic (exact) mass is 470 g/mol. The number of carbonyl (C=O) groups excluding carboxylic acids is 4. The molecular weight excluding hydrogens is 459 g/mol. The first-order valence-electron chi connectivity index (χ1n) is 7.69. The van der Waals surface area contributed by atoms with Gasteiger partial charge in [-0.15, -0.1) is 23.1 Å². The van der Waals surface area contributed by atoms with E-state index in [4.69, 9.17) is 39.5 Å². The standard InChI is InChI=1S/C15H13Cl3N2O5S2/c16-15(17,18)6-25-14(24)11-8(21)5-27-13-10(12(23)20(11)13)19-9(22)4-7-2-1-3-26-7/h1-3,10-11,13H,4-6H2,(H,19,22)/t10?,11?,13-/m0/s1. The molecule has 2 amide bonds. The highest BCUT2D eigenvalue weighted by Gasteiger charge is 2.58. The molecule has 7 nitrogen and oxygen atoms in total. The largest absolute Gasteiger partial charge is 0.459 e. The molecule has 2 fully saturated rings. The van der Waals surface area contributed by atoms with Crippen molar-refractivity contribution in [1.82, 2.24) is 10.2 Å². The number of thioether (sulfide) groups is 1. The summed E-state index contributed by atoms with van der Waals surface area (Å²) in [5, 5.41) is 4.00. The number of alkyl halides is 3. The molecule has 0 radical (unpaired) electrons. The lowest BCUT2D eigenvalue weighted by atomic mass is 10.00. The number of β-lactam (4-membered cyclic amide) rings is 1. The van der Waals surface area contributed by atoms with Gasteiger partial charge in [-0.05, 0) is 11.4 Å². The summed E-state index contributed by atoms with van der Waals surface area (Å²) in [6.07, 6.45) is 0.159. The molecule has 0 spiro atoms. The van der Waals surface area contributed by atoms with Crippen molar-refractivity contribution in [3.05, 3.63) is 22.4 Å². The number of hydrogen-bond acceptors (Lipinski definition) is 7. The number of hydrogen-bond donors (Lipinski definition) is 1. The first-order valence-corrected chi connectivity index (χ1v) is 10.8. The molecule has 27 heavy (non-hydrogen) atoms. The predicted octanol–water partition coefficient (Wildman–Crippen LogP) is 1.54. The lowest BCUT2D eigenvalue weighted by Crippen LogP contribution is -2.76. The third-order valence-corrected chi connectivity index (χ3v) is 6.39. The summed E-state index contributed by atoms with van der Waals surface area (Å²) < 4.78 is 3.04. The van der Waals surface area contributed by atoms with Crippen LogP contribution in [0.1, 0.15) is 4.88 Å². The number of rotatable bonds is 5. The van der Waals surface area contributed by atoms with Crippen LogP contribution in [0.15, 0.2) is 17.5 Å². The Morgan fingerprint density at radius 1 is 1.33 bits per heavy atom. The van der Waals surface area contributed by atoms with Crippen LogP contribution in [0.5, 0.6) is 0 Å². The van der Waals surface area contributed by atoms with E-state index in [0.29, 0.717) is 0 Å². The van der Waals surface area contributed by atoms with Crippen molar-refractivity contribution in [2.24, 2.45) is 0 Å². The van der Waals surface area contributed by atoms with Crippen molar-refractivity contribution in [3.63, 3.8) is 0 Å². The second kappa shape index (κ2) is 8.16. The Bertz CT molecular complexity index is 768. The number of carbonyl (C=O) groups is 4. The molecule has 2 aliphatic rings. The van der Waals surface area contributed by atoms with Crippen LogP contribution in [-0.4, -0.2) is 62.1 Å². The topological polar surface area (TPSA) is 92.8 Å². The highest BCUT2D eigenvalue weighted by Crippen LogP contribution is 2.37. The molecule has 1 aromatic rings. The summed E-state index contributed by atoms with van der Waals surface area (Å²) in [4.78, 5) is 50.9. The molecule has 1 N–H and O–H groups in total. The van der Waals surface area contributed by atoms with Crippen LogP contribution in [0.2, 0.25) is 0 Å². The van der Waals surface area contributed by atoms with Crippen LogP contribution in [0, 0.1) is 0 Å². The molecule has 3 heterocycles. The predicted molar refractivity (Wildman–Crippen MR) is 103 cm³/mol. The van der Waals surface area contributed by atoms with E-state index in [0.717, 1.165) is 9.78 Å². The van der Waals surface area contributed by atoms with E-state index in [-0.39, 0.29) is 18.1 Å². The van der Waals surface area contributed by atoms with Crippen molar-refractivity contribution in [3.8, 4) is 0 Å². The van der Waals surface area contributed by atoms with Crippen molar-refractivity contribution in [2.75, 3.05) is 12.4 Å². The molecule has 2 unspecified atom stereocenters. The number of ether oxygens (including phenoxy) is 1. The number of Topliss-reactive ketones (excluding diaryl/α,β-unsaturated/α-hetero) is 1. The zero-order valence-electron chi connectivity index (χ0n) is 13.5. The van der Waals surface area contributed by atoms with Crippen molar-refractivity contribution in [1.29, 1.82) is 0 Å². The number of fused-ring (bicyclic) bond motifs is 1. The number of halogens is 3. The molecule has 0 aliphatic carbocycles. The SMILES string of the molecule is O=C(Cc1cccs1)NC1C(=O)N2C(C(=O)OCC(Cl)(Cl)Cl)C(=O)CS[C@@H]12. The molecular formula is C15H13Cl3N2O5S2. The maximum absolute atomic E-state index is 12.5. The van der Waals surface area contributed by atoms with Gasteiger partial charge in [-0.1, -0.05) is 40.9 Å². The van der Waals surface area contributed by atoms with Crippen molar-refractivity contribution in [2.45, 2.75) is 27.7 Å². The Balaban J connectivity index is 1.62. The maximum Gasteiger partial charge on any atom is 0.336 e. The molecule has 0 aromatic carbocycles. The fourth-order valence-electron chi connectivity index (χ4n) is 2.74. The Morgan fingerprint density at radius 2 is 2.07 bits per heavy atom. The fourth-order valence-corrected chi connectivity index (χ4v) is 4.87. The summed E-state index contributed by atoms with van der Waals surface area (Å²) >= 11 is 19.2. The van der Waals surface area contributed by atoms with Crippen LogP contribution in [0.25, 0.3) is 0 Å². The number of nitrogens with one attached hydrogen (secondary N) is 1. The van der Waals surface area contributed by atoms with Crippen molar-refractivity contribution >= 4 is 81.5 Å². The molecule has 12 heteroatoms. The van der Waals surface area contributed by atoms with Gasteiger partial charge in [0.05, 0.1) is 12.2 Å². The first kappa shape index (κ1) is 20.7. The Kier molecular flexibility index (Phi) is 6.27. The number of esters is 1. The Morgan fingerprint density at radius 3 is 2.70 bits per heavy atom. The third kappa shape index (κ3) is 4.71. The molecule has 0 bridgehead atoms. The minimum atomic E-state index is -1.82. The van der Waals surface area contributed by atoms with Gasteiger partial charge in [-0.3, -0.25) is 14.4 Å². The van der Waals surface area contributed by atoms with Crippen LogP contribution in [0.3, 0.4) is 0 Å². The third-order valence-electron chi connectivity index (χ3n) is 3.89. The van der Waals surface area contributed by atoms with Gasteiger partial charge in [0, 0.05) is 4.88 Å². The fraction of sp³-hybridized carbons (Fsp3) is 0.467. The first-order chi connectivity index (χ1) is 12.7. The van der Waals surface area contributed by atoms with Crippen molar-refractivity contribution < 1.29 is 23.9 Å². The molecule has 0 saturated carbocycles. The summed E-state index contributed by atoms with van der Waals surface area (Å²) in [5.41, 5.74) is 0. The van der Waals surface area contributed by atoms with Crippen LogP contribution >= 0.6 is 57.9 Å². The zero-order chi connectivity index (χ0) is 19.8. The Hall–Kier alpha value is -1.000. The minimum absolute atomic E-state index is 0.0132. The zero-order valence-corrected chi connectivity index (χ0v) is 17.4. The number of nitrogens with zero attached hydrogens (tertiary/aromatic N) is 1. The second-order valence-electron chi connectivity index (χ2n) is 5.84. The smallest absolute Gasteiger partial charge is 0.336 e. The van der Waals surface area contributed by atoms with Gasteiger partial charge in [-0.2, -0.15) is 0 Å².